The number of aryl methyl sites for hydroxylation is 1. The van der Waals surface area contributed by atoms with E-state index in [0.29, 0.717) is 0 Å². The van der Waals surface area contributed by atoms with Gasteiger partial charge in [0.15, 0.2) is 5.96 Å². The number of hydrogen-bond donors (Lipinski definition) is 3. The van der Waals surface area contributed by atoms with Gasteiger partial charge in [0.1, 0.15) is 5.82 Å². The first-order valence-electron chi connectivity index (χ1n) is 6.15. The molecule has 2 rings (SSSR count). The normalized spacial score (nSPS) is 11.2. The molecule has 6 heteroatoms. The Morgan fingerprint density at radius 1 is 1.37 bits per heavy atom. The average Bonchev–Trinajstić information content (AvgIpc) is 2.81. The first-order chi connectivity index (χ1) is 8.83. The Labute approximate surface area is 130 Å². The fourth-order valence-corrected chi connectivity index (χ4v) is 1.87. The van der Waals surface area contributed by atoms with E-state index in [9.17, 15) is 0 Å². The van der Waals surface area contributed by atoms with Gasteiger partial charge >= 0.3 is 0 Å². The number of aromatic nitrogens is 2. The monoisotopic (exact) mass is 373 g/mol. The van der Waals surface area contributed by atoms with Crippen molar-refractivity contribution in [1.29, 1.82) is 0 Å². The zero-order valence-corrected chi connectivity index (χ0v) is 13.6. The molecule has 2 aromatic rings. The number of nitrogens with one attached hydrogen (secondary N) is 3. The highest BCUT2D eigenvalue weighted by Crippen LogP contribution is 2.10. The minimum absolute atomic E-state index is 0. The molecule has 0 amide bonds. The molecule has 0 bridgehead atoms. The third-order valence-electron chi connectivity index (χ3n) is 2.78. The van der Waals surface area contributed by atoms with Crippen LogP contribution >= 0.6 is 24.0 Å². The highest BCUT2D eigenvalue weighted by molar-refractivity contribution is 14.0. The Morgan fingerprint density at radius 2 is 2.16 bits per heavy atom. The zero-order valence-electron chi connectivity index (χ0n) is 11.2. The molecular weight excluding hydrogens is 353 g/mol. The van der Waals surface area contributed by atoms with Crippen molar-refractivity contribution in [2.45, 2.75) is 12.8 Å². The number of nitrogens with zero attached hydrogens (tertiary/aromatic N) is 2. The van der Waals surface area contributed by atoms with Crippen molar-refractivity contribution >= 4 is 41.0 Å². The second-order valence-electron chi connectivity index (χ2n) is 4.05. The van der Waals surface area contributed by atoms with Gasteiger partial charge < -0.3 is 15.6 Å². The first kappa shape index (κ1) is 15.7. The average molecular weight is 373 g/mol. The third kappa shape index (κ3) is 4.38. The molecule has 3 N–H and O–H groups in total. The van der Waals surface area contributed by atoms with Crippen LogP contribution in [0.2, 0.25) is 0 Å². The highest BCUT2D eigenvalue weighted by Gasteiger charge is 2.01. The predicted octanol–water partition coefficient (Wildman–Crippen LogP) is 1.91. The van der Waals surface area contributed by atoms with Crippen LogP contribution in [0.5, 0.6) is 0 Å². The Balaban J connectivity index is 0.00000180. The molecule has 0 saturated heterocycles. The van der Waals surface area contributed by atoms with E-state index in [1.54, 1.807) is 7.05 Å². The van der Waals surface area contributed by atoms with E-state index in [-0.39, 0.29) is 24.0 Å². The molecule has 0 atom stereocenters. The molecule has 5 nitrogen and oxygen atoms in total. The Bertz CT molecular complexity index is 502. The molecule has 0 spiro atoms. The molecule has 104 valence electrons. The number of halogens is 1. The molecule has 0 aliphatic carbocycles. The third-order valence-corrected chi connectivity index (χ3v) is 2.78. The minimum atomic E-state index is 0. The summed E-state index contributed by atoms with van der Waals surface area (Å²) >= 11 is 0. The molecular formula is C13H20IN5. The van der Waals surface area contributed by atoms with E-state index in [2.05, 4.69) is 25.6 Å². The van der Waals surface area contributed by atoms with Gasteiger partial charge in [-0.3, -0.25) is 4.99 Å². The van der Waals surface area contributed by atoms with E-state index in [0.717, 1.165) is 42.2 Å². The van der Waals surface area contributed by atoms with Crippen LogP contribution in [-0.4, -0.2) is 36.6 Å². The summed E-state index contributed by atoms with van der Waals surface area (Å²) in [5.41, 5.74) is 2.14. The number of guanidine groups is 1. The number of H-pyrrole nitrogens is 1. The summed E-state index contributed by atoms with van der Waals surface area (Å²) in [6.45, 7) is 0.880. The quantitative estimate of drug-likeness (QED) is 0.332. The van der Waals surface area contributed by atoms with Gasteiger partial charge in [-0.1, -0.05) is 12.1 Å². The Hall–Kier alpha value is -1.31. The molecule has 0 aliphatic rings. The molecule has 1 heterocycles. The lowest BCUT2D eigenvalue weighted by atomic mass is 10.3. The fraction of sp³-hybridized carbons (Fsp3) is 0.385. The molecule has 0 fully saturated rings. The van der Waals surface area contributed by atoms with Crippen LogP contribution in [0.1, 0.15) is 12.2 Å². The number of aliphatic imine (C=N–C) groups is 1. The van der Waals surface area contributed by atoms with Crippen LogP contribution in [0.4, 0.5) is 0 Å². The van der Waals surface area contributed by atoms with E-state index < -0.39 is 0 Å². The van der Waals surface area contributed by atoms with Gasteiger partial charge in [-0.15, -0.1) is 24.0 Å². The van der Waals surface area contributed by atoms with Crippen molar-refractivity contribution in [3.63, 3.8) is 0 Å². The molecule has 0 radical (unpaired) electrons. The molecule has 0 saturated carbocycles. The van der Waals surface area contributed by atoms with Crippen molar-refractivity contribution in [2.24, 2.45) is 4.99 Å². The number of para-hydroxylation sites is 2. The van der Waals surface area contributed by atoms with Gasteiger partial charge in [-0.25, -0.2) is 4.98 Å². The molecule has 0 unspecified atom stereocenters. The number of aromatic amines is 1. The summed E-state index contributed by atoms with van der Waals surface area (Å²) in [7, 11) is 3.62. The van der Waals surface area contributed by atoms with Gasteiger partial charge in [0.25, 0.3) is 0 Å². The maximum Gasteiger partial charge on any atom is 0.190 e. The second kappa shape index (κ2) is 7.98. The van der Waals surface area contributed by atoms with Crippen LogP contribution in [0, 0.1) is 0 Å². The van der Waals surface area contributed by atoms with Gasteiger partial charge in [-0.2, -0.15) is 0 Å². The van der Waals surface area contributed by atoms with E-state index in [4.69, 9.17) is 0 Å². The van der Waals surface area contributed by atoms with Crippen molar-refractivity contribution in [3.05, 3.63) is 30.1 Å². The standard InChI is InChI=1S/C13H19N5.HI/c1-14-13(15-2)16-9-5-8-12-17-10-6-3-4-7-11(10)18-12;/h3-4,6-7H,5,8-9H2,1-2H3,(H,17,18)(H2,14,15,16);1H. The van der Waals surface area contributed by atoms with Crippen molar-refractivity contribution < 1.29 is 0 Å². The predicted molar refractivity (Wildman–Crippen MR) is 90.3 cm³/mol. The zero-order chi connectivity index (χ0) is 12.8. The Morgan fingerprint density at radius 3 is 2.84 bits per heavy atom. The molecule has 19 heavy (non-hydrogen) atoms. The lowest BCUT2D eigenvalue weighted by Gasteiger charge is -2.07. The smallest absolute Gasteiger partial charge is 0.190 e. The summed E-state index contributed by atoms with van der Waals surface area (Å²) < 4.78 is 0. The van der Waals surface area contributed by atoms with Crippen LogP contribution < -0.4 is 10.6 Å². The maximum absolute atomic E-state index is 4.54. The number of fused-ring (bicyclic) bond motifs is 1. The van der Waals surface area contributed by atoms with E-state index in [1.165, 1.54) is 0 Å². The maximum atomic E-state index is 4.54. The lowest BCUT2D eigenvalue weighted by Crippen LogP contribution is -2.35. The topological polar surface area (TPSA) is 65.1 Å². The minimum Gasteiger partial charge on any atom is -0.359 e. The SMILES string of the molecule is CN=C(NC)NCCCc1nc2ccccc2[nH]1.I. The molecule has 1 aromatic heterocycles. The van der Waals surface area contributed by atoms with Gasteiger partial charge in [0.05, 0.1) is 11.0 Å². The largest absolute Gasteiger partial charge is 0.359 e. The van der Waals surface area contributed by atoms with Gasteiger partial charge in [0, 0.05) is 27.1 Å². The highest BCUT2D eigenvalue weighted by atomic mass is 127. The Kier molecular flexibility index (Phi) is 6.61. The molecule has 0 aliphatic heterocycles. The van der Waals surface area contributed by atoms with Crippen LogP contribution in [0.3, 0.4) is 0 Å². The summed E-state index contributed by atoms with van der Waals surface area (Å²) in [6, 6.07) is 8.09. The fourth-order valence-electron chi connectivity index (χ4n) is 1.87. The summed E-state index contributed by atoms with van der Waals surface area (Å²) in [4.78, 5) is 11.9. The second-order valence-corrected chi connectivity index (χ2v) is 4.05. The lowest BCUT2D eigenvalue weighted by molar-refractivity contribution is 0.738. The van der Waals surface area contributed by atoms with Crippen molar-refractivity contribution in [2.75, 3.05) is 20.6 Å². The van der Waals surface area contributed by atoms with E-state index in [1.807, 2.05) is 31.3 Å². The van der Waals surface area contributed by atoms with Crippen molar-refractivity contribution in [3.8, 4) is 0 Å². The summed E-state index contributed by atoms with van der Waals surface area (Å²) in [5, 5.41) is 6.21. The van der Waals surface area contributed by atoms with E-state index >= 15 is 0 Å². The molecule has 1 aromatic carbocycles. The summed E-state index contributed by atoms with van der Waals surface area (Å²) in [5.74, 6) is 1.86. The van der Waals surface area contributed by atoms with Crippen LogP contribution in [0.15, 0.2) is 29.3 Å². The number of rotatable bonds is 4. The van der Waals surface area contributed by atoms with Crippen molar-refractivity contribution in [1.82, 2.24) is 20.6 Å². The van der Waals surface area contributed by atoms with Crippen LogP contribution in [-0.2, 0) is 6.42 Å². The number of imidazole rings is 1. The van der Waals surface area contributed by atoms with Gasteiger partial charge in [0.2, 0.25) is 0 Å². The number of hydrogen-bond acceptors (Lipinski definition) is 2. The summed E-state index contributed by atoms with van der Waals surface area (Å²) in [6.07, 6.45) is 1.95. The van der Waals surface area contributed by atoms with Gasteiger partial charge in [-0.05, 0) is 18.6 Å². The van der Waals surface area contributed by atoms with Crippen LogP contribution in [0.25, 0.3) is 11.0 Å². The first-order valence-corrected chi connectivity index (χ1v) is 6.15. The number of benzene rings is 1.